The third kappa shape index (κ3) is 3.66. The van der Waals surface area contributed by atoms with Gasteiger partial charge in [0.15, 0.2) is 0 Å². The van der Waals surface area contributed by atoms with Crippen LogP contribution in [0.5, 0.6) is 0 Å². The average molecular weight is 303 g/mol. The molecular weight excluding hydrogens is 286 g/mol. The smallest absolute Gasteiger partial charge is 0.144 e. The lowest BCUT2D eigenvalue weighted by molar-refractivity contribution is 0.822. The maximum Gasteiger partial charge on any atom is 0.144 e. The molecular formula is C19H17N3O. The van der Waals surface area contributed by atoms with Crippen molar-refractivity contribution >= 4 is 0 Å². The number of nitroso groups, excluding NO2 is 1. The predicted octanol–water partition coefficient (Wildman–Crippen LogP) is 4.12. The number of nitrogens with zero attached hydrogens (tertiary/aromatic N) is 3. The lowest BCUT2D eigenvalue weighted by Crippen LogP contribution is -2.04. The standard InChI is InChI=1S/C19H17N3O/c23-22-19(17-7-4-12-21-14-17)18-8-2-1-6-16(18)10-9-15-5-3-11-20-13-15/h1-8,11-14,19H,9-10H2. The quantitative estimate of drug-likeness (QED) is 0.644. The summed E-state index contributed by atoms with van der Waals surface area (Å²) in [6, 6.07) is 15.2. The lowest BCUT2D eigenvalue weighted by atomic mass is 9.93. The maximum atomic E-state index is 11.4. The molecule has 0 radical (unpaired) electrons. The van der Waals surface area contributed by atoms with Gasteiger partial charge in [0.05, 0.1) is 0 Å². The van der Waals surface area contributed by atoms with E-state index in [2.05, 4.69) is 27.3 Å². The van der Waals surface area contributed by atoms with E-state index in [9.17, 15) is 4.91 Å². The van der Waals surface area contributed by atoms with Gasteiger partial charge in [-0.3, -0.25) is 9.97 Å². The van der Waals surface area contributed by atoms with Gasteiger partial charge in [-0.05, 0) is 41.7 Å². The minimum atomic E-state index is -0.520. The normalized spacial score (nSPS) is 11.8. The fourth-order valence-corrected chi connectivity index (χ4v) is 2.69. The third-order valence-corrected chi connectivity index (χ3v) is 3.86. The van der Waals surface area contributed by atoms with Gasteiger partial charge < -0.3 is 0 Å². The van der Waals surface area contributed by atoms with Gasteiger partial charge in [-0.25, -0.2) is 0 Å². The van der Waals surface area contributed by atoms with Crippen LogP contribution in [0.3, 0.4) is 0 Å². The second-order valence-corrected chi connectivity index (χ2v) is 5.35. The number of hydrogen-bond acceptors (Lipinski definition) is 4. The van der Waals surface area contributed by atoms with Crippen molar-refractivity contribution in [3.05, 3.63) is 100 Å². The number of aryl methyl sites for hydroxylation is 2. The highest BCUT2D eigenvalue weighted by Gasteiger charge is 2.18. The number of hydrogen-bond donors (Lipinski definition) is 0. The molecule has 114 valence electrons. The van der Waals surface area contributed by atoms with Crippen molar-refractivity contribution in [2.75, 3.05) is 0 Å². The molecule has 4 heteroatoms. The first-order valence-corrected chi connectivity index (χ1v) is 7.57. The molecule has 2 heterocycles. The second-order valence-electron chi connectivity index (χ2n) is 5.35. The zero-order chi connectivity index (χ0) is 15.9. The molecule has 1 aromatic carbocycles. The fourth-order valence-electron chi connectivity index (χ4n) is 2.69. The summed E-state index contributed by atoms with van der Waals surface area (Å²) < 4.78 is 0. The summed E-state index contributed by atoms with van der Waals surface area (Å²) in [4.78, 5) is 19.7. The lowest BCUT2D eigenvalue weighted by Gasteiger charge is -2.14. The van der Waals surface area contributed by atoms with Crippen LogP contribution < -0.4 is 0 Å². The van der Waals surface area contributed by atoms with Crippen LogP contribution in [-0.4, -0.2) is 9.97 Å². The number of aromatic nitrogens is 2. The molecule has 3 rings (SSSR count). The minimum absolute atomic E-state index is 0.520. The molecule has 0 aliphatic carbocycles. The molecule has 0 aliphatic rings. The minimum Gasteiger partial charge on any atom is -0.264 e. The summed E-state index contributed by atoms with van der Waals surface area (Å²) in [6.07, 6.45) is 8.76. The van der Waals surface area contributed by atoms with Crippen molar-refractivity contribution in [1.29, 1.82) is 0 Å². The fraction of sp³-hybridized carbons (Fsp3) is 0.158. The molecule has 1 atom stereocenters. The Morgan fingerprint density at radius 3 is 2.35 bits per heavy atom. The van der Waals surface area contributed by atoms with E-state index in [0.29, 0.717) is 0 Å². The SMILES string of the molecule is O=NC(c1cccnc1)c1ccccc1CCc1cccnc1. The van der Waals surface area contributed by atoms with Crippen molar-refractivity contribution in [2.45, 2.75) is 18.9 Å². The Balaban J connectivity index is 1.86. The van der Waals surface area contributed by atoms with Gasteiger partial charge in [-0.15, -0.1) is 4.91 Å². The van der Waals surface area contributed by atoms with Crippen molar-refractivity contribution in [3.63, 3.8) is 0 Å². The van der Waals surface area contributed by atoms with Crippen LogP contribution in [0.1, 0.15) is 28.3 Å². The summed E-state index contributed by atoms with van der Waals surface area (Å²) >= 11 is 0. The first-order chi connectivity index (χ1) is 11.4. The summed E-state index contributed by atoms with van der Waals surface area (Å²) in [6.45, 7) is 0. The molecule has 2 aromatic heterocycles. The maximum absolute atomic E-state index is 11.4. The van der Waals surface area contributed by atoms with Crippen LogP contribution in [0.25, 0.3) is 0 Å². The Bertz CT molecular complexity index is 760. The van der Waals surface area contributed by atoms with Gasteiger partial charge in [0.2, 0.25) is 0 Å². The highest BCUT2D eigenvalue weighted by molar-refractivity contribution is 5.37. The van der Waals surface area contributed by atoms with Crippen molar-refractivity contribution in [3.8, 4) is 0 Å². The van der Waals surface area contributed by atoms with Gasteiger partial charge in [0, 0.05) is 30.4 Å². The van der Waals surface area contributed by atoms with Crippen LogP contribution in [0, 0.1) is 4.91 Å². The summed E-state index contributed by atoms with van der Waals surface area (Å²) in [5.41, 5.74) is 4.07. The zero-order valence-corrected chi connectivity index (χ0v) is 12.7. The van der Waals surface area contributed by atoms with Crippen molar-refractivity contribution in [2.24, 2.45) is 5.18 Å². The molecule has 0 amide bonds. The van der Waals surface area contributed by atoms with E-state index in [1.807, 2.05) is 42.6 Å². The van der Waals surface area contributed by atoms with E-state index < -0.39 is 6.04 Å². The molecule has 0 saturated carbocycles. The first kappa shape index (κ1) is 15.0. The Hall–Kier alpha value is -2.88. The van der Waals surface area contributed by atoms with E-state index in [1.165, 1.54) is 5.56 Å². The Morgan fingerprint density at radius 2 is 1.65 bits per heavy atom. The van der Waals surface area contributed by atoms with Gasteiger partial charge in [0.25, 0.3) is 0 Å². The van der Waals surface area contributed by atoms with Crippen LogP contribution in [0.2, 0.25) is 0 Å². The van der Waals surface area contributed by atoms with Gasteiger partial charge in [-0.2, -0.15) is 0 Å². The topological polar surface area (TPSA) is 55.2 Å². The van der Waals surface area contributed by atoms with Gasteiger partial charge in [-0.1, -0.05) is 41.6 Å². The van der Waals surface area contributed by atoms with Crippen LogP contribution in [0.4, 0.5) is 0 Å². The summed E-state index contributed by atoms with van der Waals surface area (Å²) in [5.74, 6) is 0. The first-order valence-electron chi connectivity index (χ1n) is 7.57. The molecule has 0 saturated heterocycles. The van der Waals surface area contributed by atoms with Crippen molar-refractivity contribution < 1.29 is 0 Å². The number of rotatable bonds is 6. The van der Waals surface area contributed by atoms with E-state index in [0.717, 1.165) is 29.5 Å². The third-order valence-electron chi connectivity index (χ3n) is 3.86. The monoisotopic (exact) mass is 303 g/mol. The Kier molecular flexibility index (Phi) is 4.84. The molecule has 0 bridgehead atoms. The highest BCUT2D eigenvalue weighted by atomic mass is 16.3. The zero-order valence-electron chi connectivity index (χ0n) is 12.7. The summed E-state index contributed by atoms with van der Waals surface area (Å²) in [7, 11) is 0. The Labute approximate surface area is 135 Å². The predicted molar refractivity (Wildman–Crippen MR) is 90.0 cm³/mol. The van der Waals surface area contributed by atoms with Crippen LogP contribution >= 0.6 is 0 Å². The molecule has 0 aliphatic heterocycles. The van der Waals surface area contributed by atoms with E-state index in [1.54, 1.807) is 18.6 Å². The van der Waals surface area contributed by atoms with Crippen molar-refractivity contribution in [1.82, 2.24) is 9.97 Å². The number of pyridine rings is 2. The van der Waals surface area contributed by atoms with E-state index in [4.69, 9.17) is 0 Å². The van der Waals surface area contributed by atoms with E-state index in [-0.39, 0.29) is 0 Å². The van der Waals surface area contributed by atoms with Gasteiger partial charge >= 0.3 is 0 Å². The van der Waals surface area contributed by atoms with E-state index >= 15 is 0 Å². The Morgan fingerprint density at radius 1 is 0.870 bits per heavy atom. The molecule has 0 spiro atoms. The van der Waals surface area contributed by atoms with Gasteiger partial charge in [0.1, 0.15) is 6.04 Å². The molecule has 4 nitrogen and oxygen atoms in total. The molecule has 3 aromatic rings. The van der Waals surface area contributed by atoms with Crippen LogP contribution in [0.15, 0.2) is 78.5 Å². The largest absolute Gasteiger partial charge is 0.264 e. The molecule has 0 N–H and O–H groups in total. The summed E-state index contributed by atoms with van der Waals surface area (Å²) in [5, 5.41) is 3.34. The highest BCUT2D eigenvalue weighted by Crippen LogP contribution is 2.28. The second kappa shape index (κ2) is 7.40. The molecule has 0 fully saturated rings. The van der Waals surface area contributed by atoms with Crippen LogP contribution in [-0.2, 0) is 12.8 Å². The molecule has 23 heavy (non-hydrogen) atoms. The average Bonchev–Trinajstić information content (AvgIpc) is 2.63. The molecule has 1 unspecified atom stereocenters. The number of benzene rings is 1.